The Bertz CT molecular complexity index is 1280. The van der Waals surface area contributed by atoms with Crippen molar-refractivity contribution < 1.29 is 14.4 Å². The number of aliphatic imine (C=N–C) groups is 1. The number of aromatic nitrogens is 2. The second kappa shape index (κ2) is 11.7. The van der Waals surface area contributed by atoms with Gasteiger partial charge in [-0.15, -0.1) is 5.92 Å². The maximum Gasteiger partial charge on any atom is 0.325 e. The Balaban J connectivity index is 1.52. The van der Waals surface area contributed by atoms with Gasteiger partial charge in [0.15, 0.2) is 5.82 Å². The Morgan fingerprint density at radius 1 is 1.14 bits per heavy atom. The quantitative estimate of drug-likeness (QED) is 0.192. The maximum atomic E-state index is 11.3. The van der Waals surface area contributed by atoms with Crippen LogP contribution in [0.4, 0.5) is 11.5 Å². The monoisotopic (exact) mass is 504 g/mol. The van der Waals surface area contributed by atoms with Gasteiger partial charge >= 0.3 is 7.60 Å². The van der Waals surface area contributed by atoms with E-state index in [9.17, 15) is 14.4 Å². The highest BCUT2D eigenvalue weighted by Crippen LogP contribution is 2.44. The molecule has 1 aliphatic carbocycles. The number of hydrogen-bond donors (Lipinski definition) is 3. The maximum absolute atomic E-state index is 11.3. The Hall–Kier alpha value is -3.17. The first-order chi connectivity index (χ1) is 17.3. The molecule has 1 unspecified atom stereocenters. The lowest BCUT2D eigenvalue weighted by molar-refractivity contribution is 0.316. The summed E-state index contributed by atoms with van der Waals surface area (Å²) < 4.78 is 13.3. The lowest BCUT2D eigenvalue weighted by Gasteiger charge is -2.29. The van der Waals surface area contributed by atoms with Gasteiger partial charge in [0, 0.05) is 11.4 Å². The molecule has 1 atom stereocenters. The van der Waals surface area contributed by atoms with Crippen molar-refractivity contribution >= 4 is 25.3 Å². The number of rotatable bonds is 8. The number of anilines is 1. The molecule has 1 heterocycles. The van der Waals surface area contributed by atoms with Gasteiger partial charge in [0.1, 0.15) is 12.0 Å². The van der Waals surface area contributed by atoms with Crippen molar-refractivity contribution in [2.75, 3.05) is 11.5 Å². The summed E-state index contributed by atoms with van der Waals surface area (Å²) in [4.78, 5) is 27.9. The van der Waals surface area contributed by atoms with Crippen LogP contribution in [0.1, 0.15) is 62.7 Å². The van der Waals surface area contributed by atoms with Crippen LogP contribution in [-0.4, -0.2) is 31.7 Å². The number of hydrogen-bond acceptors (Lipinski definition) is 4. The Morgan fingerprint density at radius 3 is 2.47 bits per heavy atom. The van der Waals surface area contributed by atoms with Gasteiger partial charge in [-0.2, -0.15) is 0 Å². The molecule has 8 heteroatoms. The van der Waals surface area contributed by atoms with Crippen LogP contribution in [0.5, 0.6) is 0 Å². The fourth-order valence-corrected chi connectivity index (χ4v) is 5.95. The highest BCUT2D eigenvalue weighted by atomic mass is 31.2. The predicted molar refractivity (Wildman–Crippen MR) is 145 cm³/mol. The summed E-state index contributed by atoms with van der Waals surface area (Å²) in [7, 11) is -3.94. The molecule has 0 saturated heterocycles. The third kappa shape index (κ3) is 6.73. The molecule has 0 bridgehead atoms. The molecule has 1 aromatic heterocycles. The number of imidazole rings is 1. The summed E-state index contributed by atoms with van der Waals surface area (Å²) in [6, 6.07) is 18.4. The summed E-state index contributed by atoms with van der Waals surface area (Å²) in [5.41, 5.74) is 4.08. The zero-order valence-corrected chi connectivity index (χ0v) is 21.6. The van der Waals surface area contributed by atoms with Gasteiger partial charge in [0.05, 0.1) is 18.4 Å². The topological polar surface area (TPSA) is 99.7 Å². The van der Waals surface area contributed by atoms with Crippen molar-refractivity contribution in [2.45, 2.75) is 51.5 Å². The smallest absolute Gasteiger partial charge is 0.325 e. The minimum absolute atomic E-state index is 0.00484. The lowest BCUT2D eigenvalue weighted by Crippen LogP contribution is -2.16. The standard InChI is InChI=1S/C28H33N4O3P/c1-3-4-18-29-28-27(21(2)31-25-8-6-5-7-9-25)30-20-32(28)26-16-14-24(15-17-26)23-12-10-22(11-13-23)19-36(33,34)35/h5-9,14-18,20-23,31H,10-13,19H2,1-2H3,(H2,33,34,35). The Morgan fingerprint density at radius 2 is 1.83 bits per heavy atom. The van der Waals surface area contributed by atoms with E-state index in [0.29, 0.717) is 5.92 Å². The van der Waals surface area contributed by atoms with E-state index in [2.05, 4.69) is 53.3 Å². The van der Waals surface area contributed by atoms with Crippen LogP contribution in [0.15, 0.2) is 65.9 Å². The zero-order valence-electron chi connectivity index (χ0n) is 20.7. The molecule has 0 spiro atoms. The summed E-state index contributed by atoms with van der Waals surface area (Å²) in [6.45, 7) is 3.85. The molecule has 188 valence electrons. The molecule has 0 radical (unpaired) electrons. The number of benzene rings is 2. The molecule has 3 aromatic rings. The first kappa shape index (κ1) is 25.9. The lowest BCUT2D eigenvalue weighted by atomic mass is 9.79. The molecule has 4 rings (SSSR count). The average molecular weight is 505 g/mol. The molecule has 0 aliphatic heterocycles. The van der Waals surface area contributed by atoms with Crippen LogP contribution in [-0.2, 0) is 4.57 Å². The van der Waals surface area contributed by atoms with Crippen LogP contribution in [0.2, 0.25) is 0 Å². The number of nitrogens with one attached hydrogen (secondary N) is 1. The molecule has 3 N–H and O–H groups in total. The van der Waals surface area contributed by atoms with Crippen LogP contribution in [0.3, 0.4) is 0 Å². The van der Waals surface area contributed by atoms with Gasteiger partial charge in [-0.25, -0.2) is 9.98 Å². The van der Waals surface area contributed by atoms with Crippen molar-refractivity contribution in [1.29, 1.82) is 0 Å². The first-order valence-electron chi connectivity index (χ1n) is 12.3. The second-order valence-electron chi connectivity index (χ2n) is 9.36. The van der Waals surface area contributed by atoms with E-state index < -0.39 is 7.60 Å². The van der Waals surface area contributed by atoms with Crippen molar-refractivity contribution in [3.8, 4) is 17.5 Å². The van der Waals surface area contributed by atoms with Gasteiger partial charge in [0.2, 0.25) is 0 Å². The van der Waals surface area contributed by atoms with Crippen molar-refractivity contribution in [1.82, 2.24) is 9.55 Å². The van der Waals surface area contributed by atoms with E-state index in [0.717, 1.165) is 48.6 Å². The van der Waals surface area contributed by atoms with Crippen LogP contribution in [0, 0.1) is 17.8 Å². The van der Waals surface area contributed by atoms with Crippen LogP contribution < -0.4 is 5.32 Å². The van der Waals surface area contributed by atoms with Crippen molar-refractivity contribution in [3.63, 3.8) is 0 Å². The van der Waals surface area contributed by atoms with Gasteiger partial charge in [-0.05, 0) is 81.2 Å². The third-order valence-electron chi connectivity index (χ3n) is 6.72. The van der Waals surface area contributed by atoms with E-state index in [1.807, 2.05) is 34.9 Å². The third-order valence-corrected chi connectivity index (χ3v) is 7.71. The number of nitrogens with zero attached hydrogens (tertiary/aromatic N) is 3. The first-order valence-corrected chi connectivity index (χ1v) is 14.1. The SMILES string of the molecule is CC#CC=Nc1c(C(C)Nc2ccccc2)ncn1-c1ccc(C2CCC(CP(=O)(O)O)CC2)cc1. The predicted octanol–water partition coefficient (Wildman–Crippen LogP) is 6.22. The largest absolute Gasteiger partial charge is 0.377 e. The molecule has 1 fully saturated rings. The van der Waals surface area contributed by atoms with E-state index in [1.54, 1.807) is 19.5 Å². The fourth-order valence-electron chi connectivity index (χ4n) is 4.91. The highest BCUT2D eigenvalue weighted by molar-refractivity contribution is 7.51. The molecule has 36 heavy (non-hydrogen) atoms. The van der Waals surface area contributed by atoms with Gasteiger partial charge in [0.25, 0.3) is 0 Å². The van der Waals surface area contributed by atoms with Gasteiger partial charge < -0.3 is 15.1 Å². The highest BCUT2D eigenvalue weighted by Gasteiger charge is 2.27. The van der Waals surface area contributed by atoms with E-state index in [1.165, 1.54) is 5.56 Å². The van der Waals surface area contributed by atoms with Gasteiger partial charge in [-0.1, -0.05) is 36.3 Å². The Labute approximate surface area is 212 Å². The average Bonchev–Trinajstić information content (AvgIpc) is 3.28. The van der Waals surface area contributed by atoms with E-state index >= 15 is 0 Å². The summed E-state index contributed by atoms with van der Waals surface area (Å²) in [5, 5.41) is 3.49. The van der Waals surface area contributed by atoms with Crippen LogP contribution >= 0.6 is 7.60 Å². The Kier molecular flexibility index (Phi) is 8.43. The molecule has 1 saturated carbocycles. The summed E-state index contributed by atoms with van der Waals surface area (Å²) >= 11 is 0. The van der Waals surface area contributed by atoms with Crippen LogP contribution in [0.25, 0.3) is 5.69 Å². The van der Waals surface area contributed by atoms with E-state index in [4.69, 9.17) is 4.98 Å². The van der Waals surface area contributed by atoms with Gasteiger partial charge in [-0.3, -0.25) is 9.13 Å². The minimum Gasteiger partial charge on any atom is -0.377 e. The molecule has 2 aromatic carbocycles. The number of para-hydroxylation sites is 1. The molecule has 7 nitrogen and oxygen atoms in total. The molecular formula is C28H33N4O3P. The summed E-state index contributed by atoms with van der Waals surface area (Å²) in [5.74, 6) is 7.01. The second-order valence-corrected chi connectivity index (χ2v) is 11.1. The van der Waals surface area contributed by atoms with E-state index in [-0.39, 0.29) is 18.1 Å². The minimum atomic E-state index is -3.94. The van der Waals surface area contributed by atoms with Crippen molar-refractivity contribution in [2.24, 2.45) is 10.9 Å². The molecular weight excluding hydrogens is 471 g/mol. The van der Waals surface area contributed by atoms with Crippen molar-refractivity contribution in [3.05, 3.63) is 72.2 Å². The molecule has 0 amide bonds. The summed E-state index contributed by atoms with van der Waals surface area (Å²) in [6.07, 6.45) is 7.02. The zero-order chi connectivity index (χ0) is 25.5. The normalized spacial score (nSPS) is 19.0. The molecule has 1 aliphatic rings. The fraction of sp³-hybridized carbons (Fsp3) is 0.357.